The molecule has 0 fully saturated rings. The number of rotatable bonds is 17. The van der Waals surface area contributed by atoms with Gasteiger partial charge in [0, 0.05) is 19.8 Å². The van der Waals surface area contributed by atoms with Gasteiger partial charge in [-0.05, 0) is 24.7 Å². The third-order valence-corrected chi connectivity index (χ3v) is 5.64. The number of carbonyl (C=O) groups is 7. The standard InChI is InChI=1S/C23H40N6O7/c1-6-13(4)19(23(36)28-18(12(2)3)20(25)33)29-22(35)16(9-10-17(24)32)27-21(34)15(8-7-11-30)26-14(5)31/h11-13,15-16,18-19H,6-10H2,1-5H3,(H2,24,32)(H2,25,33)(H,26,31)(H,27,34)(H,28,36)(H,29,35)/t13-,15+,16+,18+,19+/m1/s1. The number of nitrogens with one attached hydrogen (secondary N) is 4. The van der Waals surface area contributed by atoms with E-state index in [4.69, 9.17) is 11.5 Å². The van der Waals surface area contributed by atoms with E-state index in [9.17, 15) is 33.6 Å². The van der Waals surface area contributed by atoms with Crippen molar-refractivity contribution >= 4 is 41.7 Å². The highest BCUT2D eigenvalue weighted by Gasteiger charge is 2.33. The van der Waals surface area contributed by atoms with Crippen LogP contribution in [0.4, 0.5) is 0 Å². The molecule has 0 bridgehead atoms. The Hall–Kier alpha value is -3.51. The molecule has 13 nitrogen and oxygen atoms in total. The van der Waals surface area contributed by atoms with Gasteiger partial charge < -0.3 is 37.5 Å². The summed E-state index contributed by atoms with van der Waals surface area (Å²) < 4.78 is 0. The topological polar surface area (TPSA) is 220 Å². The van der Waals surface area contributed by atoms with E-state index in [1.165, 1.54) is 6.92 Å². The van der Waals surface area contributed by atoms with E-state index in [1.807, 2.05) is 6.92 Å². The fraction of sp³-hybridized carbons (Fsp3) is 0.696. The Morgan fingerprint density at radius 2 is 1.31 bits per heavy atom. The highest BCUT2D eigenvalue weighted by atomic mass is 16.2. The van der Waals surface area contributed by atoms with Crippen LogP contribution in [0.5, 0.6) is 0 Å². The zero-order valence-corrected chi connectivity index (χ0v) is 21.6. The second-order valence-electron chi connectivity index (χ2n) is 9.07. The monoisotopic (exact) mass is 512 g/mol. The summed E-state index contributed by atoms with van der Waals surface area (Å²) in [6.45, 7) is 8.14. The van der Waals surface area contributed by atoms with E-state index in [0.29, 0.717) is 12.7 Å². The minimum atomic E-state index is -1.27. The minimum absolute atomic E-state index is 0.000674. The summed E-state index contributed by atoms with van der Waals surface area (Å²) in [5, 5.41) is 10.0. The van der Waals surface area contributed by atoms with Crippen LogP contribution in [0, 0.1) is 11.8 Å². The zero-order valence-electron chi connectivity index (χ0n) is 21.6. The largest absolute Gasteiger partial charge is 0.370 e. The van der Waals surface area contributed by atoms with Gasteiger partial charge >= 0.3 is 0 Å². The molecule has 0 rings (SSSR count). The summed E-state index contributed by atoms with van der Waals surface area (Å²) in [6, 6.07) is -4.39. The first-order chi connectivity index (χ1) is 16.7. The maximum absolute atomic E-state index is 13.1. The van der Waals surface area contributed by atoms with Crippen molar-refractivity contribution in [3.8, 4) is 0 Å². The second kappa shape index (κ2) is 16.2. The molecule has 0 unspecified atom stereocenters. The third kappa shape index (κ3) is 11.8. The van der Waals surface area contributed by atoms with Gasteiger partial charge in [0.05, 0.1) is 0 Å². The molecule has 13 heteroatoms. The van der Waals surface area contributed by atoms with Crippen LogP contribution in [0.25, 0.3) is 0 Å². The predicted octanol–water partition coefficient (Wildman–Crippen LogP) is -1.62. The number of amides is 6. The van der Waals surface area contributed by atoms with Gasteiger partial charge in [0.25, 0.3) is 0 Å². The molecule has 204 valence electrons. The summed E-state index contributed by atoms with van der Waals surface area (Å²) in [5.74, 6) is -4.73. The SMILES string of the molecule is CC[C@@H](C)[C@H](NC(=O)[C@H](CCC(N)=O)NC(=O)[C@H](CCC=O)NC(C)=O)C(=O)N[C@H](C(N)=O)C(C)C. The van der Waals surface area contributed by atoms with E-state index in [-0.39, 0.29) is 37.5 Å². The lowest BCUT2D eigenvalue weighted by atomic mass is 9.96. The van der Waals surface area contributed by atoms with Crippen LogP contribution in [-0.2, 0) is 33.6 Å². The first-order valence-electron chi connectivity index (χ1n) is 11.9. The number of hydrogen-bond acceptors (Lipinski definition) is 7. The molecular weight excluding hydrogens is 472 g/mol. The van der Waals surface area contributed by atoms with E-state index in [1.54, 1.807) is 20.8 Å². The van der Waals surface area contributed by atoms with Crippen LogP contribution in [0.15, 0.2) is 0 Å². The quantitative estimate of drug-likeness (QED) is 0.125. The fourth-order valence-electron chi connectivity index (χ4n) is 3.34. The lowest BCUT2D eigenvalue weighted by molar-refractivity contribution is -0.135. The van der Waals surface area contributed by atoms with Crippen LogP contribution in [0.3, 0.4) is 0 Å². The highest BCUT2D eigenvalue weighted by molar-refractivity contribution is 5.95. The number of primary amides is 2. The first kappa shape index (κ1) is 32.5. The highest BCUT2D eigenvalue weighted by Crippen LogP contribution is 2.11. The molecule has 0 aromatic heterocycles. The van der Waals surface area contributed by atoms with E-state index in [0.717, 1.165) is 0 Å². The average molecular weight is 513 g/mol. The normalized spacial score (nSPS) is 14.9. The Kier molecular flexibility index (Phi) is 14.6. The van der Waals surface area contributed by atoms with Crippen molar-refractivity contribution < 1.29 is 33.6 Å². The van der Waals surface area contributed by atoms with Gasteiger partial charge in [-0.25, -0.2) is 0 Å². The molecule has 0 aliphatic carbocycles. The Morgan fingerprint density at radius 3 is 1.75 bits per heavy atom. The van der Waals surface area contributed by atoms with Gasteiger partial charge in [-0.1, -0.05) is 34.1 Å². The number of nitrogens with two attached hydrogens (primary N) is 2. The van der Waals surface area contributed by atoms with Crippen molar-refractivity contribution in [2.45, 2.75) is 90.9 Å². The van der Waals surface area contributed by atoms with Crippen LogP contribution >= 0.6 is 0 Å². The van der Waals surface area contributed by atoms with Crippen molar-refractivity contribution in [3.05, 3.63) is 0 Å². The Morgan fingerprint density at radius 1 is 0.778 bits per heavy atom. The lowest BCUT2D eigenvalue weighted by Gasteiger charge is -2.29. The molecule has 0 saturated carbocycles. The Balaban J connectivity index is 5.80. The fourth-order valence-corrected chi connectivity index (χ4v) is 3.34. The van der Waals surface area contributed by atoms with Crippen LogP contribution < -0.4 is 32.7 Å². The van der Waals surface area contributed by atoms with Crippen LogP contribution in [-0.4, -0.2) is 65.9 Å². The van der Waals surface area contributed by atoms with Gasteiger partial charge in [-0.15, -0.1) is 0 Å². The van der Waals surface area contributed by atoms with Crippen LogP contribution in [0.1, 0.15) is 66.7 Å². The molecule has 0 spiro atoms. The van der Waals surface area contributed by atoms with Crippen molar-refractivity contribution in [2.75, 3.05) is 0 Å². The molecule has 36 heavy (non-hydrogen) atoms. The molecule has 0 aromatic carbocycles. The zero-order chi connectivity index (χ0) is 28.0. The smallest absolute Gasteiger partial charge is 0.243 e. The third-order valence-electron chi connectivity index (χ3n) is 5.64. The maximum atomic E-state index is 13.1. The van der Waals surface area contributed by atoms with Crippen molar-refractivity contribution in [1.82, 2.24) is 21.3 Å². The van der Waals surface area contributed by atoms with Crippen LogP contribution in [0.2, 0.25) is 0 Å². The summed E-state index contributed by atoms with van der Waals surface area (Å²) in [7, 11) is 0. The maximum Gasteiger partial charge on any atom is 0.243 e. The molecule has 0 aliphatic rings. The van der Waals surface area contributed by atoms with Crippen molar-refractivity contribution in [1.29, 1.82) is 0 Å². The summed E-state index contributed by atoms with van der Waals surface area (Å²) >= 11 is 0. The Bertz CT molecular complexity index is 817. The molecule has 0 saturated heterocycles. The molecular formula is C23H40N6O7. The average Bonchev–Trinajstić information content (AvgIpc) is 2.79. The van der Waals surface area contributed by atoms with E-state index < -0.39 is 59.6 Å². The summed E-state index contributed by atoms with van der Waals surface area (Å²) in [6.07, 6.45) is 0.665. The van der Waals surface area contributed by atoms with Gasteiger partial charge in [0.1, 0.15) is 30.5 Å². The Labute approximate surface area is 211 Å². The summed E-state index contributed by atoms with van der Waals surface area (Å²) in [4.78, 5) is 84.2. The second-order valence-corrected chi connectivity index (χ2v) is 9.07. The number of carbonyl (C=O) groups excluding carboxylic acids is 7. The van der Waals surface area contributed by atoms with Gasteiger partial charge in [-0.2, -0.15) is 0 Å². The van der Waals surface area contributed by atoms with Crippen molar-refractivity contribution in [2.24, 2.45) is 23.3 Å². The first-order valence-corrected chi connectivity index (χ1v) is 11.9. The molecule has 0 heterocycles. The minimum Gasteiger partial charge on any atom is -0.370 e. The van der Waals surface area contributed by atoms with Crippen molar-refractivity contribution in [3.63, 3.8) is 0 Å². The molecule has 0 radical (unpaired) electrons. The van der Waals surface area contributed by atoms with Gasteiger partial charge in [0.2, 0.25) is 35.4 Å². The molecule has 6 amide bonds. The number of aldehydes is 1. The van der Waals surface area contributed by atoms with Gasteiger partial charge in [0.15, 0.2) is 0 Å². The van der Waals surface area contributed by atoms with E-state index in [2.05, 4.69) is 21.3 Å². The summed E-state index contributed by atoms with van der Waals surface area (Å²) in [5.41, 5.74) is 10.6. The molecule has 5 atom stereocenters. The molecule has 8 N–H and O–H groups in total. The number of hydrogen-bond donors (Lipinski definition) is 6. The molecule has 0 aliphatic heterocycles. The van der Waals surface area contributed by atoms with E-state index >= 15 is 0 Å². The van der Waals surface area contributed by atoms with Gasteiger partial charge in [-0.3, -0.25) is 28.8 Å². The predicted molar refractivity (Wildman–Crippen MR) is 131 cm³/mol. The lowest BCUT2D eigenvalue weighted by Crippen LogP contribution is -2.60. The molecule has 0 aromatic rings.